The first-order chi connectivity index (χ1) is 9.15. The van der Waals surface area contributed by atoms with Gasteiger partial charge >= 0.3 is 0 Å². The first-order valence-electron chi connectivity index (χ1n) is 7.12. The molecule has 3 heteroatoms. The second-order valence-electron chi connectivity index (χ2n) is 5.40. The minimum absolute atomic E-state index is 0.154. The third kappa shape index (κ3) is 4.35. The lowest BCUT2D eigenvalue weighted by atomic mass is 10.1. The van der Waals surface area contributed by atoms with Gasteiger partial charge in [-0.1, -0.05) is 30.3 Å². The standard InChI is InChI=1S/C16H23NO2/c1-13-11-17(12-14(2)19-13)16(18)10-6-9-15-7-4-3-5-8-15/h3-5,7-8,13-14H,6,9-12H2,1-2H3/t13-,14+. The van der Waals surface area contributed by atoms with Crippen LogP contribution in [0.4, 0.5) is 0 Å². The zero-order valence-corrected chi connectivity index (χ0v) is 11.8. The van der Waals surface area contributed by atoms with Crippen molar-refractivity contribution in [2.75, 3.05) is 13.1 Å². The van der Waals surface area contributed by atoms with Gasteiger partial charge in [0.25, 0.3) is 0 Å². The van der Waals surface area contributed by atoms with Crippen LogP contribution in [0.15, 0.2) is 30.3 Å². The number of carbonyl (C=O) groups is 1. The molecule has 0 spiro atoms. The second kappa shape index (κ2) is 6.71. The molecule has 0 saturated carbocycles. The average Bonchev–Trinajstić information content (AvgIpc) is 2.38. The molecule has 0 unspecified atom stereocenters. The Balaban J connectivity index is 1.75. The maximum absolute atomic E-state index is 12.1. The van der Waals surface area contributed by atoms with Crippen LogP contribution in [-0.2, 0) is 16.0 Å². The summed E-state index contributed by atoms with van der Waals surface area (Å²) < 4.78 is 5.65. The van der Waals surface area contributed by atoms with Crippen LogP contribution in [0, 0.1) is 0 Å². The van der Waals surface area contributed by atoms with Crippen molar-refractivity contribution in [3.63, 3.8) is 0 Å². The van der Waals surface area contributed by atoms with Crippen LogP contribution in [-0.4, -0.2) is 36.1 Å². The third-order valence-corrected chi connectivity index (χ3v) is 3.47. The predicted molar refractivity (Wildman–Crippen MR) is 76.0 cm³/mol. The Bertz CT molecular complexity index is 394. The highest BCUT2D eigenvalue weighted by Gasteiger charge is 2.25. The molecule has 0 aliphatic carbocycles. The Morgan fingerprint density at radius 3 is 2.47 bits per heavy atom. The fraction of sp³-hybridized carbons (Fsp3) is 0.562. The summed E-state index contributed by atoms with van der Waals surface area (Å²) in [5, 5.41) is 0. The van der Waals surface area contributed by atoms with Crippen LogP contribution < -0.4 is 0 Å². The van der Waals surface area contributed by atoms with E-state index in [1.165, 1.54) is 5.56 Å². The lowest BCUT2D eigenvalue weighted by molar-refractivity contribution is -0.143. The molecule has 2 rings (SSSR count). The maximum atomic E-state index is 12.1. The van der Waals surface area contributed by atoms with Crippen molar-refractivity contribution in [3.8, 4) is 0 Å². The molecule has 19 heavy (non-hydrogen) atoms. The maximum Gasteiger partial charge on any atom is 0.222 e. The molecule has 3 nitrogen and oxygen atoms in total. The summed E-state index contributed by atoms with van der Waals surface area (Å²) >= 11 is 0. The number of hydrogen-bond donors (Lipinski definition) is 0. The van der Waals surface area contributed by atoms with Gasteiger partial charge in [0.2, 0.25) is 5.91 Å². The van der Waals surface area contributed by atoms with E-state index in [0.29, 0.717) is 6.42 Å². The molecule has 0 aromatic heterocycles. The summed E-state index contributed by atoms with van der Waals surface area (Å²) in [5.74, 6) is 0.262. The van der Waals surface area contributed by atoms with Gasteiger partial charge in [-0.2, -0.15) is 0 Å². The molecule has 1 heterocycles. The number of amides is 1. The Morgan fingerprint density at radius 1 is 1.21 bits per heavy atom. The van der Waals surface area contributed by atoms with Crippen LogP contribution in [0.3, 0.4) is 0 Å². The van der Waals surface area contributed by atoms with Gasteiger partial charge in [-0.25, -0.2) is 0 Å². The molecular weight excluding hydrogens is 238 g/mol. The smallest absolute Gasteiger partial charge is 0.222 e. The minimum Gasteiger partial charge on any atom is -0.372 e. The van der Waals surface area contributed by atoms with Crippen molar-refractivity contribution in [2.24, 2.45) is 0 Å². The number of carbonyl (C=O) groups excluding carboxylic acids is 1. The minimum atomic E-state index is 0.154. The van der Waals surface area contributed by atoms with E-state index in [2.05, 4.69) is 12.1 Å². The lowest BCUT2D eigenvalue weighted by Gasteiger charge is -2.35. The van der Waals surface area contributed by atoms with E-state index in [4.69, 9.17) is 4.74 Å². The predicted octanol–water partition coefficient (Wildman–Crippen LogP) is 2.65. The topological polar surface area (TPSA) is 29.5 Å². The molecule has 2 atom stereocenters. The number of morpholine rings is 1. The van der Waals surface area contributed by atoms with E-state index in [-0.39, 0.29) is 18.1 Å². The van der Waals surface area contributed by atoms with E-state index >= 15 is 0 Å². The number of benzene rings is 1. The average molecular weight is 261 g/mol. The summed E-state index contributed by atoms with van der Waals surface area (Å²) in [6.45, 7) is 5.52. The molecule has 1 fully saturated rings. The quantitative estimate of drug-likeness (QED) is 0.834. The van der Waals surface area contributed by atoms with Gasteiger partial charge in [0, 0.05) is 19.5 Å². The fourth-order valence-electron chi connectivity index (χ4n) is 2.63. The molecule has 1 aliphatic rings. The Hall–Kier alpha value is -1.35. The zero-order chi connectivity index (χ0) is 13.7. The van der Waals surface area contributed by atoms with Gasteiger partial charge < -0.3 is 9.64 Å². The van der Waals surface area contributed by atoms with Crippen molar-refractivity contribution in [1.29, 1.82) is 0 Å². The van der Waals surface area contributed by atoms with E-state index in [0.717, 1.165) is 25.9 Å². The van der Waals surface area contributed by atoms with Gasteiger partial charge in [-0.05, 0) is 32.3 Å². The summed E-state index contributed by atoms with van der Waals surface area (Å²) in [4.78, 5) is 14.1. The highest BCUT2D eigenvalue weighted by molar-refractivity contribution is 5.76. The zero-order valence-electron chi connectivity index (χ0n) is 11.8. The molecule has 1 amide bonds. The Labute approximate surface area is 115 Å². The fourth-order valence-corrected chi connectivity index (χ4v) is 2.63. The molecule has 0 radical (unpaired) electrons. The van der Waals surface area contributed by atoms with Crippen molar-refractivity contribution in [1.82, 2.24) is 4.90 Å². The van der Waals surface area contributed by atoms with Crippen LogP contribution in [0.2, 0.25) is 0 Å². The van der Waals surface area contributed by atoms with Crippen LogP contribution in [0.25, 0.3) is 0 Å². The van der Waals surface area contributed by atoms with Gasteiger partial charge in [-0.15, -0.1) is 0 Å². The summed E-state index contributed by atoms with van der Waals surface area (Å²) in [6.07, 6.45) is 2.84. The van der Waals surface area contributed by atoms with E-state index in [1.807, 2.05) is 36.9 Å². The van der Waals surface area contributed by atoms with Gasteiger partial charge in [0.05, 0.1) is 12.2 Å². The van der Waals surface area contributed by atoms with Gasteiger partial charge in [0.1, 0.15) is 0 Å². The van der Waals surface area contributed by atoms with E-state index < -0.39 is 0 Å². The number of ether oxygens (including phenoxy) is 1. The molecular formula is C16H23NO2. The first-order valence-corrected chi connectivity index (χ1v) is 7.12. The van der Waals surface area contributed by atoms with Crippen molar-refractivity contribution in [3.05, 3.63) is 35.9 Å². The number of rotatable bonds is 4. The van der Waals surface area contributed by atoms with Gasteiger partial charge in [-0.3, -0.25) is 4.79 Å². The third-order valence-electron chi connectivity index (χ3n) is 3.47. The summed E-state index contributed by atoms with van der Waals surface area (Å²) in [5.41, 5.74) is 1.30. The molecule has 1 aromatic carbocycles. The number of aryl methyl sites for hydroxylation is 1. The molecule has 1 aliphatic heterocycles. The van der Waals surface area contributed by atoms with Crippen LogP contribution in [0.5, 0.6) is 0 Å². The van der Waals surface area contributed by atoms with Crippen LogP contribution in [0.1, 0.15) is 32.3 Å². The number of nitrogens with zero attached hydrogens (tertiary/aromatic N) is 1. The normalized spacial score (nSPS) is 23.4. The SMILES string of the molecule is C[C@@H]1CN(C(=O)CCCc2ccccc2)C[C@H](C)O1. The van der Waals surface area contributed by atoms with Crippen molar-refractivity contribution < 1.29 is 9.53 Å². The first kappa shape index (κ1) is 14.1. The largest absolute Gasteiger partial charge is 0.372 e. The highest BCUT2D eigenvalue weighted by atomic mass is 16.5. The van der Waals surface area contributed by atoms with E-state index in [9.17, 15) is 4.79 Å². The Morgan fingerprint density at radius 2 is 1.84 bits per heavy atom. The molecule has 0 bridgehead atoms. The highest BCUT2D eigenvalue weighted by Crippen LogP contribution is 2.13. The molecule has 1 saturated heterocycles. The summed E-state index contributed by atoms with van der Waals surface area (Å²) in [7, 11) is 0. The van der Waals surface area contributed by atoms with Crippen molar-refractivity contribution in [2.45, 2.75) is 45.3 Å². The molecule has 0 N–H and O–H groups in total. The summed E-state index contributed by atoms with van der Waals surface area (Å²) in [6, 6.07) is 10.3. The van der Waals surface area contributed by atoms with Gasteiger partial charge in [0.15, 0.2) is 0 Å². The molecule has 1 aromatic rings. The molecule has 104 valence electrons. The number of hydrogen-bond acceptors (Lipinski definition) is 2. The van der Waals surface area contributed by atoms with Crippen LogP contribution >= 0.6 is 0 Å². The Kier molecular flexibility index (Phi) is 4.97. The lowest BCUT2D eigenvalue weighted by Crippen LogP contribution is -2.48. The van der Waals surface area contributed by atoms with E-state index in [1.54, 1.807) is 0 Å². The monoisotopic (exact) mass is 261 g/mol. The van der Waals surface area contributed by atoms with Crippen molar-refractivity contribution >= 4 is 5.91 Å². The second-order valence-corrected chi connectivity index (χ2v) is 5.40.